The van der Waals surface area contributed by atoms with Gasteiger partial charge in [0.1, 0.15) is 5.69 Å². The maximum atomic E-state index is 12.6. The highest BCUT2D eigenvalue weighted by molar-refractivity contribution is 5.98. The van der Waals surface area contributed by atoms with Gasteiger partial charge in [0, 0.05) is 18.9 Å². The molecule has 3 aromatic rings. The summed E-state index contributed by atoms with van der Waals surface area (Å²) < 4.78 is 44.7. The minimum atomic E-state index is -4.50. The topological polar surface area (TPSA) is 97.9 Å². The first-order chi connectivity index (χ1) is 11.8. The SMILES string of the molecule is Cn1ccc(-c2nnc(NC(=O)Nc3cccc(C(F)(F)F)c3)o2)n1. The summed E-state index contributed by atoms with van der Waals surface area (Å²) in [4.78, 5) is 11.8. The van der Waals surface area contributed by atoms with Crippen molar-refractivity contribution in [3.63, 3.8) is 0 Å². The van der Waals surface area contributed by atoms with Gasteiger partial charge in [0.15, 0.2) is 0 Å². The van der Waals surface area contributed by atoms with Crippen LogP contribution >= 0.6 is 0 Å². The minimum Gasteiger partial charge on any atom is -0.401 e. The first kappa shape index (κ1) is 16.5. The zero-order valence-corrected chi connectivity index (χ0v) is 12.7. The lowest BCUT2D eigenvalue weighted by Gasteiger charge is -2.09. The average molecular weight is 352 g/mol. The maximum Gasteiger partial charge on any atom is 0.416 e. The standard InChI is InChI=1S/C14H11F3N6O2/c1-23-6-5-10(22-23)11-20-21-13(25-11)19-12(24)18-9-4-2-3-8(7-9)14(15,16)17/h2-7H,1H3,(H2,18,19,21,24). The molecule has 0 fully saturated rings. The lowest BCUT2D eigenvalue weighted by Crippen LogP contribution is -2.20. The quantitative estimate of drug-likeness (QED) is 0.755. The number of rotatable bonds is 3. The fourth-order valence-corrected chi connectivity index (χ4v) is 1.94. The molecule has 1 aromatic carbocycles. The largest absolute Gasteiger partial charge is 0.416 e. The Morgan fingerprint density at radius 1 is 1.20 bits per heavy atom. The van der Waals surface area contributed by atoms with Gasteiger partial charge in [-0.15, -0.1) is 5.10 Å². The molecule has 0 radical (unpaired) electrons. The van der Waals surface area contributed by atoms with Crippen LogP contribution in [-0.4, -0.2) is 26.0 Å². The first-order valence-corrected chi connectivity index (χ1v) is 6.90. The summed E-state index contributed by atoms with van der Waals surface area (Å²) in [5, 5.41) is 15.9. The molecule has 25 heavy (non-hydrogen) atoms. The van der Waals surface area contributed by atoms with E-state index in [0.29, 0.717) is 5.69 Å². The Kier molecular flexibility index (Phi) is 4.13. The van der Waals surface area contributed by atoms with Crippen molar-refractivity contribution in [3.05, 3.63) is 42.1 Å². The number of hydrogen-bond donors (Lipinski definition) is 2. The Bertz CT molecular complexity index is 902. The molecule has 0 atom stereocenters. The van der Waals surface area contributed by atoms with Crippen LogP contribution in [0.25, 0.3) is 11.6 Å². The van der Waals surface area contributed by atoms with Gasteiger partial charge in [0.2, 0.25) is 0 Å². The first-order valence-electron chi connectivity index (χ1n) is 6.90. The van der Waals surface area contributed by atoms with Gasteiger partial charge in [-0.25, -0.2) is 4.79 Å². The van der Waals surface area contributed by atoms with Crippen LogP contribution in [0.4, 0.5) is 29.7 Å². The Morgan fingerprint density at radius 2 is 2.00 bits per heavy atom. The smallest absolute Gasteiger partial charge is 0.401 e. The van der Waals surface area contributed by atoms with E-state index in [4.69, 9.17) is 4.42 Å². The minimum absolute atomic E-state index is 0.0308. The molecule has 0 aliphatic heterocycles. The highest BCUT2D eigenvalue weighted by atomic mass is 19.4. The van der Waals surface area contributed by atoms with Crippen molar-refractivity contribution in [1.82, 2.24) is 20.0 Å². The van der Waals surface area contributed by atoms with E-state index in [1.807, 2.05) is 0 Å². The molecule has 3 rings (SSSR count). The van der Waals surface area contributed by atoms with Crippen molar-refractivity contribution in [1.29, 1.82) is 0 Å². The second-order valence-electron chi connectivity index (χ2n) is 4.94. The second kappa shape index (κ2) is 6.26. The predicted octanol–water partition coefficient (Wildman–Crippen LogP) is 3.13. The molecule has 0 spiro atoms. The van der Waals surface area contributed by atoms with Gasteiger partial charge in [0.25, 0.3) is 5.89 Å². The molecule has 0 aliphatic carbocycles. The molecule has 0 aliphatic rings. The van der Waals surface area contributed by atoms with Crippen molar-refractivity contribution >= 4 is 17.7 Å². The molecule has 2 aromatic heterocycles. The number of amides is 2. The number of nitrogens with one attached hydrogen (secondary N) is 2. The number of aryl methyl sites for hydroxylation is 1. The fourth-order valence-electron chi connectivity index (χ4n) is 1.94. The van der Waals surface area contributed by atoms with Crippen molar-refractivity contribution < 1.29 is 22.4 Å². The van der Waals surface area contributed by atoms with E-state index >= 15 is 0 Å². The van der Waals surface area contributed by atoms with Crippen LogP contribution < -0.4 is 10.6 Å². The van der Waals surface area contributed by atoms with Crippen molar-refractivity contribution in [2.75, 3.05) is 10.6 Å². The van der Waals surface area contributed by atoms with E-state index in [2.05, 4.69) is 25.9 Å². The van der Waals surface area contributed by atoms with Crippen LogP contribution in [0.5, 0.6) is 0 Å². The molecule has 0 saturated carbocycles. The number of halogens is 3. The number of benzene rings is 1. The van der Waals surface area contributed by atoms with E-state index in [0.717, 1.165) is 12.1 Å². The number of hydrogen-bond acceptors (Lipinski definition) is 5. The number of nitrogens with zero attached hydrogens (tertiary/aromatic N) is 4. The van der Waals surface area contributed by atoms with Gasteiger partial charge in [-0.1, -0.05) is 11.2 Å². The van der Waals surface area contributed by atoms with Crippen LogP contribution in [-0.2, 0) is 13.2 Å². The summed E-state index contributed by atoms with van der Waals surface area (Å²) >= 11 is 0. The highest BCUT2D eigenvalue weighted by Crippen LogP contribution is 2.30. The molecule has 2 heterocycles. The lowest BCUT2D eigenvalue weighted by atomic mass is 10.2. The second-order valence-corrected chi connectivity index (χ2v) is 4.94. The van der Waals surface area contributed by atoms with Gasteiger partial charge in [0.05, 0.1) is 5.56 Å². The van der Waals surface area contributed by atoms with Crippen LogP contribution in [0, 0.1) is 0 Å². The summed E-state index contributed by atoms with van der Waals surface area (Å²) in [5.41, 5.74) is -0.487. The third-order valence-electron chi connectivity index (χ3n) is 3.03. The monoisotopic (exact) mass is 352 g/mol. The molecule has 8 nitrogen and oxygen atoms in total. The van der Waals surface area contributed by atoms with Crippen LogP contribution in [0.15, 0.2) is 40.9 Å². The molecule has 0 saturated heterocycles. The molecular weight excluding hydrogens is 341 g/mol. The number of urea groups is 1. The molecule has 11 heteroatoms. The van der Waals surface area contributed by atoms with E-state index in [1.54, 1.807) is 19.3 Å². The molecule has 2 N–H and O–H groups in total. The predicted molar refractivity (Wildman–Crippen MR) is 80.6 cm³/mol. The molecular formula is C14H11F3N6O2. The summed E-state index contributed by atoms with van der Waals surface area (Å²) in [6.45, 7) is 0. The summed E-state index contributed by atoms with van der Waals surface area (Å²) in [6.07, 6.45) is -2.83. The van der Waals surface area contributed by atoms with Crippen molar-refractivity contribution in [2.24, 2.45) is 7.05 Å². The maximum absolute atomic E-state index is 12.6. The van der Waals surface area contributed by atoms with Crippen LogP contribution in [0.1, 0.15) is 5.56 Å². The average Bonchev–Trinajstić information content (AvgIpc) is 3.15. The van der Waals surface area contributed by atoms with E-state index in [-0.39, 0.29) is 17.6 Å². The van der Waals surface area contributed by atoms with Gasteiger partial charge in [-0.2, -0.15) is 18.3 Å². The molecule has 0 bridgehead atoms. The van der Waals surface area contributed by atoms with Crippen LogP contribution in [0.3, 0.4) is 0 Å². The van der Waals surface area contributed by atoms with Gasteiger partial charge in [-0.05, 0) is 24.3 Å². The third kappa shape index (κ3) is 3.94. The third-order valence-corrected chi connectivity index (χ3v) is 3.03. The summed E-state index contributed by atoms with van der Waals surface area (Å²) in [5.74, 6) is 0.0926. The fraction of sp³-hybridized carbons (Fsp3) is 0.143. The Hall–Kier alpha value is -3.37. The lowest BCUT2D eigenvalue weighted by molar-refractivity contribution is -0.137. The number of carbonyl (C=O) groups excluding carboxylic acids is 1. The normalized spacial score (nSPS) is 11.4. The molecule has 0 unspecified atom stereocenters. The summed E-state index contributed by atoms with van der Waals surface area (Å²) in [6, 6.07) is 4.82. The Labute approximate surface area is 138 Å². The zero-order valence-electron chi connectivity index (χ0n) is 12.7. The Morgan fingerprint density at radius 3 is 2.68 bits per heavy atom. The Balaban J connectivity index is 1.66. The highest BCUT2D eigenvalue weighted by Gasteiger charge is 2.30. The number of alkyl halides is 3. The van der Waals surface area contributed by atoms with Crippen LogP contribution in [0.2, 0.25) is 0 Å². The molecule has 130 valence electrons. The molecule has 2 amide bonds. The van der Waals surface area contributed by atoms with Gasteiger partial charge in [-0.3, -0.25) is 10.00 Å². The zero-order chi connectivity index (χ0) is 18.0. The number of carbonyl (C=O) groups is 1. The van der Waals surface area contributed by atoms with E-state index < -0.39 is 17.8 Å². The number of anilines is 2. The van der Waals surface area contributed by atoms with E-state index in [9.17, 15) is 18.0 Å². The van der Waals surface area contributed by atoms with E-state index in [1.165, 1.54) is 16.8 Å². The number of aromatic nitrogens is 4. The van der Waals surface area contributed by atoms with Crippen molar-refractivity contribution in [2.45, 2.75) is 6.18 Å². The summed E-state index contributed by atoms with van der Waals surface area (Å²) in [7, 11) is 1.71. The van der Waals surface area contributed by atoms with Gasteiger partial charge >= 0.3 is 18.2 Å². The van der Waals surface area contributed by atoms with Crippen molar-refractivity contribution in [3.8, 4) is 11.6 Å². The van der Waals surface area contributed by atoms with Gasteiger partial charge < -0.3 is 9.73 Å².